The van der Waals surface area contributed by atoms with Gasteiger partial charge >= 0.3 is 6.18 Å². The summed E-state index contributed by atoms with van der Waals surface area (Å²) in [6.07, 6.45) is -4.17. The topological polar surface area (TPSA) is 59.4 Å². The zero-order chi connectivity index (χ0) is 14.8. The number of furan rings is 1. The average Bonchev–Trinajstić information content (AvgIpc) is 2.86. The molecule has 1 aromatic heterocycles. The minimum Gasteiger partial charge on any atom is -0.461 e. The molecule has 1 heterocycles. The van der Waals surface area contributed by atoms with Crippen LogP contribution in [0.2, 0.25) is 0 Å². The molecule has 0 fully saturated rings. The maximum Gasteiger partial charge on any atom is 0.417 e. The van der Waals surface area contributed by atoms with E-state index in [2.05, 4.69) is 0 Å². The first-order chi connectivity index (χ1) is 9.41. The Morgan fingerprint density at radius 3 is 2.43 bits per heavy atom. The predicted octanol–water partition coefficient (Wildman–Crippen LogP) is 3.25. The lowest BCUT2D eigenvalue weighted by Gasteiger charge is -2.10. The van der Waals surface area contributed by atoms with Crippen molar-refractivity contribution >= 4 is 12.4 Å². The Kier molecular flexibility index (Phi) is 5.83. The maximum atomic E-state index is 12.9. The van der Waals surface area contributed by atoms with Crippen molar-refractivity contribution in [3.05, 3.63) is 47.7 Å². The van der Waals surface area contributed by atoms with E-state index in [1.165, 1.54) is 24.3 Å². The molecule has 0 saturated heterocycles. The second-order valence-corrected chi connectivity index (χ2v) is 4.46. The highest BCUT2D eigenvalue weighted by molar-refractivity contribution is 5.85. The summed E-state index contributed by atoms with van der Waals surface area (Å²) < 4.78 is 44.1. The molecule has 2 rings (SSSR count). The molecule has 116 valence electrons. The fraction of sp³-hybridized carbons (Fsp3) is 0.286. The molecule has 0 radical (unpaired) electrons. The lowest BCUT2D eigenvalue weighted by molar-refractivity contribution is -0.137. The maximum absolute atomic E-state index is 12.9. The van der Waals surface area contributed by atoms with Crippen LogP contribution >= 0.6 is 12.4 Å². The fourth-order valence-electron chi connectivity index (χ4n) is 1.90. The molecule has 0 saturated carbocycles. The molecule has 1 aromatic carbocycles. The molecular formula is C14H15ClF3NO2. The summed E-state index contributed by atoms with van der Waals surface area (Å²) in [6, 6.07) is 7.77. The third kappa shape index (κ3) is 4.23. The summed E-state index contributed by atoms with van der Waals surface area (Å²) in [5, 5.41) is 8.86. The van der Waals surface area contributed by atoms with E-state index in [0.717, 1.165) is 6.07 Å². The third-order valence-corrected chi connectivity index (χ3v) is 2.86. The van der Waals surface area contributed by atoms with Crippen LogP contribution in [0, 0.1) is 0 Å². The van der Waals surface area contributed by atoms with E-state index in [1.807, 2.05) is 0 Å². The van der Waals surface area contributed by atoms with E-state index >= 15 is 0 Å². The van der Waals surface area contributed by atoms with Crippen LogP contribution in [0.3, 0.4) is 0 Å². The standard InChI is InChI=1S/C14H14F3NO2.ClH/c15-14(16,17)12-4-2-1-3-11(12)13-6-5-10(20-13)7-9(18)8-19;/h1-6,9,19H,7-8,18H2;1H. The first kappa shape index (κ1) is 17.6. The number of aliphatic hydroxyl groups excluding tert-OH is 1. The van der Waals surface area contributed by atoms with Crippen LogP contribution in [0.5, 0.6) is 0 Å². The monoisotopic (exact) mass is 321 g/mol. The van der Waals surface area contributed by atoms with Gasteiger partial charge in [-0.1, -0.05) is 18.2 Å². The minimum absolute atomic E-state index is 0. The van der Waals surface area contributed by atoms with Crippen LogP contribution in [0.1, 0.15) is 11.3 Å². The summed E-state index contributed by atoms with van der Waals surface area (Å²) in [4.78, 5) is 0. The summed E-state index contributed by atoms with van der Waals surface area (Å²) in [5.41, 5.74) is 4.81. The van der Waals surface area contributed by atoms with E-state index < -0.39 is 17.8 Å². The lowest BCUT2D eigenvalue weighted by Crippen LogP contribution is -2.26. The SMILES string of the molecule is Cl.NC(CO)Cc1ccc(-c2ccccc2C(F)(F)F)o1. The molecule has 21 heavy (non-hydrogen) atoms. The Morgan fingerprint density at radius 2 is 1.81 bits per heavy atom. The van der Waals surface area contributed by atoms with Gasteiger partial charge in [-0.3, -0.25) is 0 Å². The number of alkyl halides is 3. The summed E-state index contributed by atoms with van der Waals surface area (Å²) >= 11 is 0. The van der Waals surface area contributed by atoms with Crippen LogP contribution < -0.4 is 5.73 Å². The van der Waals surface area contributed by atoms with Gasteiger partial charge in [0.25, 0.3) is 0 Å². The smallest absolute Gasteiger partial charge is 0.417 e. The van der Waals surface area contributed by atoms with Gasteiger partial charge in [-0.2, -0.15) is 13.2 Å². The van der Waals surface area contributed by atoms with Crippen molar-refractivity contribution in [2.45, 2.75) is 18.6 Å². The average molecular weight is 322 g/mol. The van der Waals surface area contributed by atoms with Crippen LogP contribution in [0.4, 0.5) is 13.2 Å². The van der Waals surface area contributed by atoms with E-state index in [9.17, 15) is 13.2 Å². The molecule has 2 aromatic rings. The third-order valence-electron chi connectivity index (χ3n) is 2.86. The summed E-state index contributed by atoms with van der Waals surface area (Å²) in [7, 11) is 0. The molecule has 3 N–H and O–H groups in total. The number of benzene rings is 1. The molecule has 0 spiro atoms. The molecule has 7 heteroatoms. The highest BCUT2D eigenvalue weighted by Gasteiger charge is 2.34. The van der Waals surface area contributed by atoms with Gasteiger partial charge in [0.05, 0.1) is 12.2 Å². The highest BCUT2D eigenvalue weighted by Crippen LogP contribution is 2.37. The number of nitrogens with two attached hydrogens (primary N) is 1. The number of hydrogen-bond acceptors (Lipinski definition) is 3. The van der Waals surface area contributed by atoms with Gasteiger partial charge in [0.1, 0.15) is 11.5 Å². The van der Waals surface area contributed by atoms with Crippen molar-refractivity contribution in [1.82, 2.24) is 0 Å². The van der Waals surface area contributed by atoms with Crippen LogP contribution in [-0.2, 0) is 12.6 Å². The quantitative estimate of drug-likeness (QED) is 0.908. The van der Waals surface area contributed by atoms with Gasteiger partial charge in [-0.25, -0.2) is 0 Å². The molecule has 0 amide bonds. The summed E-state index contributed by atoms with van der Waals surface area (Å²) in [6.45, 7) is -0.213. The fourth-order valence-corrected chi connectivity index (χ4v) is 1.90. The van der Waals surface area contributed by atoms with Gasteiger partial charge in [0.2, 0.25) is 0 Å². The Morgan fingerprint density at radius 1 is 1.14 bits per heavy atom. The van der Waals surface area contributed by atoms with Gasteiger partial charge in [-0.05, 0) is 18.2 Å². The molecule has 0 aliphatic rings. The van der Waals surface area contributed by atoms with Crippen molar-refractivity contribution in [2.24, 2.45) is 5.73 Å². The van der Waals surface area contributed by atoms with Crippen LogP contribution in [-0.4, -0.2) is 17.8 Å². The van der Waals surface area contributed by atoms with Gasteiger partial charge < -0.3 is 15.3 Å². The first-order valence-electron chi connectivity index (χ1n) is 6.03. The Hall–Kier alpha value is -1.50. The zero-order valence-corrected chi connectivity index (χ0v) is 11.7. The first-order valence-corrected chi connectivity index (χ1v) is 6.03. The summed E-state index contributed by atoms with van der Waals surface area (Å²) in [5.74, 6) is 0.580. The zero-order valence-electron chi connectivity index (χ0n) is 10.9. The van der Waals surface area contributed by atoms with Gasteiger partial charge in [-0.15, -0.1) is 12.4 Å². The van der Waals surface area contributed by atoms with Crippen molar-refractivity contribution < 1.29 is 22.7 Å². The number of rotatable bonds is 4. The van der Waals surface area contributed by atoms with E-state index in [4.69, 9.17) is 15.3 Å². The van der Waals surface area contributed by atoms with E-state index in [-0.39, 0.29) is 36.8 Å². The largest absolute Gasteiger partial charge is 0.461 e. The minimum atomic E-state index is -4.44. The number of halogens is 4. The van der Waals surface area contributed by atoms with Crippen LogP contribution in [0.15, 0.2) is 40.8 Å². The lowest BCUT2D eigenvalue weighted by atomic mass is 10.1. The number of aliphatic hydroxyl groups is 1. The highest BCUT2D eigenvalue weighted by atomic mass is 35.5. The van der Waals surface area contributed by atoms with Crippen molar-refractivity contribution in [1.29, 1.82) is 0 Å². The molecular weight excluding hydrogens is 307 g/mol. The van der Waals surface area contributed by atoms with Crippen molar-refractivity contribution in [3.63, 3.8) is 0 Å². The van der Waals surface area contributed by atoms with Crippen LogP contribution in [0.25, 0.3) is 11.3 Å². The van der Waals surface area contributed by atoms with Crippen molar-refractivity contribution in [3.8, 4) is 11.3 Å². The normalized spacial score (nSPS) is 12.8. The molecule has 3 nitrogen and oxygen atoms in total. The van der Waals surface area contributed by atoms with E-state index in [1.54, 1.807) is 6.07 Å². The Bertz CT molecular complexity index is 584. The molecule has 0 aliphatic carbocycles. The van der Waals surface area contributed by atoms with Crippen molar-refractivity contribution in [2.75, 3.05) is 6.61 Å². The molecule has 1 unspecified atom stereocenters. The molecule has 0 aliphatic heterocycles. The molecule has 0 bridgehead atoms. The van der Waals surface area contributed by atoms with Gasteiger partial charge in [0, 0.05) is 18.0 Å². The number of hydrogen-bond donors (Lipinski definition) is 2. The Balaban J connectivity index is 0.00000220. The van der Waals surface area contributed by atoms with E-state index in [0.29, 0.717) is 5.76 Å². The second-order valence-electron chi connectivity index (χ2n) is 4.46. The second kappa shape index (κ2) is 6.98. The Labute approximate surface area is 126 Å². The predicted molar refractivity (Wildman–Crippen MR) is 75.2 cm³/mol. The molecule has 1 atom stereocenters. The van der Waals surface area contributed by atoms with Gasteiger partial charge in [0.15, 0.2) is 0 Å².